The van der Waals surface area contributed by atoms with Crippen molar-refractivity contribution in [3.05, 3.63) is 0 Å². The molecule has 0 spiro atoms. The fourth-order valence-electron chi connectivity index (χ4n) is 0.0248. The number of nitrogens with two attached hydrogens (primary N) is 3. The summed E-state index contributed by atoms with van der Waals surface area (Å²) in [7, 11) is -1.52. The highest BCUT2D eigenvalue weighted by Crippen LogP contribution is 2.20. The molecule has 0 saturated carbocycles. The van der Waals surface area contributed by atoms with Crippen LogP contribution in [-0.2, 0) is 9.25 Å². The third-order valence-corrected chi connectivity index (χ3v) is 0.623. The van der Waals surface area contributed by atoms with Crippen molar-refractivity contribution in [3.63, 3.8) is 0 Å². The molecular formula is H6N3O2P. The molecule has 0 heterocycles. The van der Waals surface area contributed by atoms with E-state index in [1.807, 2.05) is 0 Å². The topological polar surface area (TPSA) is 96.5 Å². The highest BCUT2D eigenvalue weighted by Gasteiger charge is 1.93. The van der Waals surface area contributed by atoms with Crippen LogP contribution in [0.3, 0.4) is 0 Å². The van der Waals surface area contributed by atoms with Gasteiger partial charge in [-0.3, -0.25) is 5.50 Å². The van der Waals surface area contributed by atoms with Gasteiger partial charge in [-0.15, -0.1) is 0 Å². The summed E-state index contributed by atoms with van der Waals surface area (Å²) in [5, 5.41) is 0. The van der Waals surface area contributed by atoms with E-state index in [-0.39, 0.29) is 0 Å². The Bertz CT molecular complexity index is 28.0. The molecule has 0 atom stereocenters. The molecule has 0 bridgehead atoms. The summed E-state index contributed by atoms with van der Waals surface area (Å²) in [6.45, 7) is 0. The first-order valence-corrected chi connectivity index (χ1v) is 2.34. The first-order valence-electron chi connectivity index (χ1n) is 1.09. The van der Waals surface area contributed by atoms with Crippen molar-refractivity contribution in [2.45, 2.75) is 0 Å². The van der Waals surface area contributed by atoms with Crippen LogP contribution in [0.5, 0.6) is 0 Å². The van der Waals surface area contributed by atoms with Gasteiger partial charge in [-0.2, -0.15) is 0 Å². The first kappa shape index (κ1) is 6.23. The summed E-state index contributed by atoms with van der Waals surface area (Å²) >= 11 is 0. The quantitative estimate of drug-likeness (QED) is 0.312. The lowest BCUT2D eigenvalue weighted by atomic mass is 13.6. The molecule has 0 aromatic carbocycles. The summed E-state index contributed by atoms with van der Waals surface area (Å²) in [5.41, 5.74) is 4.84. The summed E-state index contributed by atoms with van der Waals surface area (Å²) in [4.78, 5) is 0. The van der Waals surface area contributed by atoms with Crippen molar-refractivity contribution in [3.8, 4) is 0 Å². The van der Waals surface area contributed by atoms with E-state index < -0.39 is 8.53 Å². The number of hydrogen-bond donors (Lipinski definition) is 3. The Labute approximate surface area is 36.3 Å². The molecule has 0 amide bonds. The third kappa shape index (κ3) is 2.47. The molecule has 0 unspecified atom stereocenters. The third-order valence-electron chi connectivity index (χ3n) is 0.208. The van der Waals surface area contributed by atoms with Crippen molar-refractivity contribution in [2.75, 3.05) is 0 Å². The Morgan fingerprint density at radius 1 is 1.17 bits per heavy atom. The second-order valence-electron chi connectivity index (χ2n) is 0.496. The van der Waals surface area contributed by atoms with Gasteiger partial charge in [0.15, 0.2) is 0 Å². The number of rotatable bonds is 2. The SMILES string of the molecule is NOP(N)ON. The molecule has 0 aromatic heterocycles. The smallest absolute Gasteiger partial charge is 0.262 e. The zero-order valence-electron chi connectivity index (χ0n) is 3.00. The minimum atomic E-state index is -1.52. The lowest BCUT2D eigenvalue weighted by molar-refractivity contribution is 0.261. The summed E-state index contributed by atoms with van der Waals surface area (Å²) in [6.07, 6.45) is 0. The van der Waals surface area contributed by atoms with Crippen LogP contribution in [0.25, 0.3) is 0 Å². The van der Waals surface area contributed by atoms with Gasteiger partial charge in [0.2, 0.25) is 0 Å². The average molecular weight is 111 g/mol. The minimum Gasteiger partial charge on any atom is -0.262 e. The van der Waals surface area contributed by atoms with Crippen LogP contribution in [0.1, 0.15) is 0 Å². The van der Waals surface area contributed by atoms with Gasteiger partial charge >= 0.3 is 0 Å². The van der Waals surface area contributed by atoms with Gasteiger partial charge in [0, 0.05) is 0 Å². The predicted molar refractivity (Wildman–Crippen MR) is 21.7 cm³/mol. The van der Waals surface area contributed by atoms with Crippen LogP contribution >= 0.6 is 8.53 Å². The van der Waals surface area contributed by atoms with Crippen molar-refractivity contribution in [2.24, 2.45) is 17.3 Å². The molecule has 6 N–H and O–H groups in total. The van der Waals surface area contributed by atoms with Gasteiger partial charge in [0.05, 0.1) is 0 Å². The van der Waals surface area contributed by atoms with E-state index in [2.05, 4.69) is 21.0 Å². The van der Waals surface area contributed by atoms with Crippen LogP contribution < -0.4 is 17.3 Å². The van der Waals surface area contributed by atoms with Gasteiger partial charge in [0.25, 0.3) is 8.53 Å². The van der Waals surface area contributed by atoms with Gasteiger partial charge in [0.1, 0.15) is 0 Å². The van der Waals surface area contributed by atoms with Crippen molar-refractivity contribution in [1.29, 1.82) is 0 Å². The molecule has 0 rings (SSSR count). The second kappa shape index (κ2) is 3.42. The van der Waals surface area contributed by atoms with E-state index in [9.17, 15) is 0 Å². The summed E-state index contributed by atoms with van der Waals surface area (Å²) in [6, 6.07) is 0. The Hall–Kier alpha value is 0.230. The maximum Gasteiger partial charge on any atom is 0.288 e. The lowest BCUT2D eigenvalue weighted by Crippen LogP contribution is -2.06. The molecule has 6 heavy (non-hydrogen) atoms. The summed E-state index contributed by atoms with van der Waals surface area (Å²) in [5.74, 6) is 8.96. The van der Waals surface area contributed by atoms with E-state index >= 15 is 0 Å². The van der Waals surface area contributed by atoms with Crippen LogP contribution in [0.15, 0.2) is 0 Å². The van der Waals surface area contributed by atoms with Gasteiger partial charge < -0.3 is 0 Å². The van der Waals surface area contributed by atoms with Gasteiger partial charge in [-0.1, -0.05) is 0 Å². The fraction of sp³-hybridized carbons (Fsp3) is 0. The second-order valence-corrected chi connectivity index (χ2v) is 1.49. The van der Waals surface area contributed by atoms with Gasteiger partial charge in [-0.25, -0.2) is 21.0 Å². The zero-order valence-corrected chi connectivity index (χ0v) is 3.89. The van der Waals surface area contributed by atoms with Crippen LogP contribution in [0.2, 0.25) is 0 Å². The Balaban J connectivity index is 2.75. The maximum atomic E-state index is 4.84. The van der Waals surface area contributed by atoms with Crippen molar-refractivity contribution < 1.29 is 9.25 Å². The van der Waals surface area contributed by atoms with Crippen LogP contribution in [0.4, 0.5) is 0 Å². The molecule has 0 fully saturated rings. The summed E-state index contributed by atoms with van der Waals surface area (Å²) < 4.78 is 7.79. The van der Waals surface area contributed by atoms with E-state index in [1.165, 1.54) is 0 Å². The van der Waals surface area contributed by atoms with Crippen LogP contribution in [0, 0.1) is 0 Å². The van der Waals surface area contributed by atoms with Crippen molar-refractivity contribution >= 4 is 8.53 Å². The number of hydrogen-bond acceptors (Lipinski definition) is 5. The van der Waals surface area contributed by atoms with Crippen molar-refractivity contribution in [1.82, 2.24) is 0 Å². The molecule has 0 saturated heterocycles. The molecule has 6 heteroatoms. The predicted octanol–water partition coefficient (Wildman–Crippen LogP) is -1.05. The maximum absolute atomic E-state index is 4.84. The van der Waals surface area contributed by atoms with E-state index in [4.69, 9.17) is 5.50 Å². The largest absolute Gasteiger partial charge is 0.288 e. The normalized spacial score (nSPS) is 10.0. The van der Waals surface area contributed by atoms with E-state index in [1.54, 1.807) is 0 Å². The Kier molecular flexibility index (Phi) is 3.55. The van der Waals surface area contributed by atoms with E-state index in [0.29, 0.717) is 0 Å². The molecular weight excluding hydrogens is 105 g/mol. The van der Waals surface area contributed by atoms with E-state index in [0.717, 1.165) is 0 Å². The minimum absolute atomic E-state index is 1.52. The lowest BCUT2D eigenvalue weighted by Gasteiger charge is -1.98. The Morgan fingerprint density at radius 2 is 1.50 bits per heavy atom. The highest BCUT2D eigenvalue weighted by atomic mass is 31.2. The Morgan fingerprint density at radius 3 is 1.50 bits per heavy atom. The van der Waals surface area contributed by atoms with Gasteiger partial charge in [-0.05, 0) is 0 Å². The molecule has 5 nitrogen and oxygen atoms in total. The molecule has 38 valence electrons. The fourth-order valence-corrected chi connectivity index (χ4v) is 0.0745. The average Bonchev–Trinajstić information content (AvgIpc) is 1.65. The van der Waals surface area contributed by atoms with Crippen LogP contribution in [-0.4, -0.2) is 0 Å². The monoisotopic (exact) mass is 111 g/mol. The molecule has 0 aliphatic heterocycles. The highest BCUT2D eigenvalue weighted by molar-refractivity contribution is 7.44. The molecule has 0 aliphatic carbocycles. The first-order chi connectivity index (χ1) is 2.81. The molecule has 0 aromatic rings. The zero-order chi connectivity index (χ0) is 4.99. The standard InChI is InChI=1S/H6N3O2P/c1-4-6(3)5-2/h1-3H2. The molecule has 0 radical (unpaired) electrons. The molecule has 0 aliphatic rings.